The fourth-order valence-corrected chi connectivity index (χ4v) is 11.8. The van der Waals surface area contributed by atoms with Crippen LogP contribution in [0.3, 0.4) is 0 Å². The molecule has 0 fully saturated rings. The number of hydrogen-bond donors (Lipinski definition) is 0. The molecular weight excluding hydrogens is 901 g/mol. The number of para-hydroxylation sites is 4. The third-order valence-corrected chi connectivity index (χ3v) is 15.3. The van der Waals surface area contributed by atoms with E-state index in [1.807, 2.05) is 60.9 Å². The Labute approximate surface area is 425 Å². The molecule has 0 N–H and O–H groups in total. The first-order valence-corrected chi connectivity index (χ1v) is 25.0. The highest BCUT2D eigenvalue weighted by atomic mass is 14.9. The zero-order valence-electron chi connectivity index (χ0n) is 39.6. The van der Waals surface area contributed by atoms with Crippen molar-refractivity contribution in [1.82, 2.24) is 29.9 Å². The lowest BCUT2D eigenvalue weighted by Crippen LogP contribution is -1.99. The molecule has 3 heterocycles. The standard InChI is InChI=1S/C68H38N6/c1-3-13-47-45(11-1)51-16-9-15-50-44(31-33-54(47)64(50)51)43-35-56(49-32-34-55-48-14-4-2-12-46(48)52-17-10-18-53(49)65(52)55)67-57(36-43)66(41-27-23-39(24-28-41)62-37-69-58-19-5-7-21-60(58)71-62)73-68(74-67)42-29-25-40(26-30-42)63-38-70-59-20-6-8-22-61(59)72-63/h1-38H. The zero-order valence-corrected chi connectivity index (χ0v) is 39.6. The Morgan fingerprint density at radius 1 is 0.243 bits per heavy atom. The lowest BCUT2D eigenvalue weighted by Gasteiger charge is -2.18. The average Bonchev–Trinajstić information content (AvgIpc) is 3.98. The van der Waals surface area contributed by atoms with E-state index in [2.05, 4.69) is 170 Å². The van der Waals surface area contributed by atoms with Gasteiger partial charge in [-0.3, -0.25) is 9.97 Å². The molecule has 2 aliphatic carbocycles. The fourth-order valence-electron chi connectivity index (χ4n) is 11.8. The van der Waals surface area contributed by atoms with Gasteiger partial charge in [-0.2, -0.15) is 0 Å². The van der Waals surface area contributed by atoms with Crippen molar-refractivity contribution in [1.29, 1.82) is 0 Å². The molecule has 3 aromatic heterocycles. The molecule has 0 aliphatic heterocycles. The van der Waals surface area contributed by atoms with Gasteiger partial charge in [0, 0.05) is 33.2 Å². The highest BCUT2D eigenvalue weighted by molar-refractivity contribution is 6.22. The highest BCUT2D eigenvalue weighted by Crippen LogP contribution is 2.53. The Bertz CT molecular complexity index is 4660. The van der Waals surface area contributed by atoms with Crippen LogP contribution in [0.5, 0.6) is 0 Å². The second-order valence-electron chi connectivity index (χ2n) is 19.3. The van der Waals surface area contributed by atoms with Crippen molar-refractivity contribution in [2.75, 3.05) is 0 Å². The van der Waals surface area contributed by atoms with Crippen LogP contribution < -0.4 is 0 Å². The van der Waals surface area contributed by atoms with E-state index < -0.39 is 0 Å². The number of nitrogens with zero attached hydrogens (tertiary/aromatic N) is 6. The third-order valence-electron chi connectivity index (χ3n) is 15.3. The molecule has 0 saturated heterocycles. The number of aromatic nitrogens is 6. The molecule has 0 unspecified atom stereocenters. The Morgan fingerprint density at radius 3 is 1.23 bits per heavy atom. The Balaban J connectivity index is 0.953. The summed E-state index contributed by atoms with van der Waals surface area (Å²) in [5.74, 6) is 0.628. The second-order valence-corrected chi connectivity index (χ2v) is 19.3. The molecule has 6 nitrogen and oxygen atoms in total. The van der Waals surface area contributed by atoms with Crippen LogP contribution in [0.15, 0.2) is 231 Å². The van der Waals surface area contributed by atoms with E-state index in [0.29, 0.717) is 5.82 Å². The zero-order chi connectivity index (χ0) is 48.4. The molecule has 0 amide bonds. The molecule has 16 rings (SSSR count). The first-order chi connectivity index (χ1) is 36.7. The molecule has 11 aromatic carbocycles. The van der Waals surface area contributed by atoms with Crippen molar-refractivity contribution in [3.63, 3.8) is 0 Å². The van der Waals surface area contributed by atoms with Crippen LogP contribution in [0.25, 0.3) is 166 Å². The van der Waals surface area contributed by atoms with Crippen molar-refractivity contribution in [2.45, 2.75) is 0 Å². The predicted molar refractivity (Wildman–Crippen MR) is 302 cm³/mol. The largest absolute Gasteiger partial charge is 0.252 e. The molecule has 0 atom stereocenters. The summed E-state index contributed by atoms with van der Waals surface area (Å²) in [6.45, 7) is 0. The van der Waals surface area contributed by atoms with Gasteiger partial charge in [0.05, 0.1) is 57.1 Å². The normalized spacial score (nSPS) is 12.1. The maximum absolute atomic E-state index is 5.66. The first-order valence-electron chi connectivity index (χ1n) is 25.0. The maximum atomic E-state index is 5.66. The molecule has 14 aromatic rings. The van der Waals surface area contributed by atoms with Gasteiger partial charge >= 0.3 is 0 Å². The van der Waals surface area contributed by atoms with Gasteiger partial charge in [-0.05, 0) is 119 Å². The molecular formula is C68H38N6. The SMILES string of the molecule is c1ccc2c(c1)-c1cccc3c(-c4cc(-c5ccc6c7c(cccc57)-c5ccccc5-6)c5nc(-c6ccc(-c7cnc8ccccc8n7)cc6)nc(-c6ccc(-c7cnc8ccccc8n7)cc6)c5c4)ccc-2c13. The van der Waals surface area contributed by atoms with Crippen molar-refractivity contribution >= 4 is 54.5 Å². The van der Waals surface area contributed by atoms with Crippen LogP contribution >= 0.6 is 0 Å². The lowest BCUT2D eigenvalue weighted by atomic mass is 9.88. The monoisotopic (exact) mass is 938 g/mol. The van der Waals surface area contributed by atoms with E-state index in [-0.39, 0.29) is 0 Å². The second kappa shape index (κ2) is 15.7. The van der Waals surface area contributed by atoms with E-state index in [0.717, 1.165) is 94.6 Å². The minimum atomic E-state index is 0.628. The summed E-state index contributed by atoms with van der Waals surface area (Å²) in [5, 5.41) is 5.92. The first kappa shape index (κ1) is 40.7. The van der Waals surface area contributed by atoms with Crippen LogP contribution in [-0.2, 0) is 0 Å². The molecule has 0 radical (unpaired) electrons. The van der Waals surface area contributed by atoms with Crippen LogP contribution in [0.2, 0.25) is 0 Å². The summed E-state index contributed by atoms with van der Waals surface area (Å²) < 4.78 is 0. The summed E-state index contributed by atoms with van der Waals surface area (Å²) in [4.78, 5) is 30.7. The smallest absolute Gasteiger partial charge is 0.160 e. The van der Waals surface area contributed by atoms with Gasteiger partial charge in [-0.25, -0.2) is 19.9 Å². The van der Waals surface area contributed by atoms with Crippen LogP contribution in [-0.4, -0.2) is 29.9 Å². The number of rotatable bonds is 6. The summed E-state index contributed by atoms with van der Waals surface area (Å²) in [6.07, 6.45) is 3.70. The van der Waals surface area contributed by atoms with E-state index >= 15 is 0 Å². The summed E-state index contributed by atoms with van der Waals surface area (Å²) in [7, 11) is 0. The van der Waals surface area contributed by atoms with Gasteiger partial charge in [-0.15, -0.1) is 0 Å². The fraction of sp³-hybridized carbons (Fsp3) is 0. The number of benzene rings is 11. The van der Waals surface area contributed by atoms with Crippen molar-refractivity contribution in [2.24, 2.45) is 0 Å². The third kappa shape index (κ3) is 6.12. The maximum Gasteiger partial charge on any atom is 0.160 e. The minimum absolute atomic E-state index is 0.628. The van der Waals surface area contributed by atoms with Gasteiger partial charge < -0.3 is 0 Å². The summed E-state index contributed by atoms with van der Waals surface area (Å²) in [6, 6.07) is 78.0. The van der Waals surface area contributed by atoms with E-state index in [4.69, 9.17) is 29.9 Å². The van der Waals surface area contributed by atoms with E-state index in [9.17, 15) is 0 Å². The highest BCUT2D eigenvalue weighted by Gasteiger charge is 2.27. The van der Waals surface area contributed by atoms with Crippen LogP contribution in [0.1, 0.15) is 0 Å². The van der Waals surface area contributed by atoms with E-state index in [1.165, 1.54) is 66.1 Å². The average molecular weight is 939 g/mol. The minimum Gasteiger partial charge on any atom is -0.252 e. The molecule has 6 heteroatoms. The molecule has 340 valence electrons. The Kier molecular flexibility index (Phi) is 8.64. The predicted octanol–water partition coefficient (Wildman–Crippen LogP) is 17.1. The van der Waals surface area contributed by atoms with Gasteiger partial charge in [0.1, 0.15) is 0 Å². The number of hydrogen-bond acceptors (Lipinski definition) is 6. The van der Waals surface area contributed by atoms with Gasteiger partial charge in [-0.1, -0.05) is 182 Å². The molecule has 74 heavy (non-hydrogen) atoms. The molecule has 0 saturated carbocycles. The van der Waals surface area contributed by atoms with Crippen molar-refractivity contribution in [3.8, 4) is 112 Å². The van der Waals surface area contributed by atoms with Gasteiger partial charge in [0.25, 0.3) is 0 Å². The topological polar surface area (TPSA) is 77.3 Å². The molecule has 0 bridgehead atoms. The summed E-state index contributed by atoms with van der Waals surface area (Å²) >= 11 is 0. The Morgan fingerprint density at radius 2 is 0.676 bits per heavy atom. The summed E-state index contributed by atoms with van der Waals surface area (Å²) in [5.41, 5.74) is 25.1. The van der Waals surface area contributed by atoms with Gasteiger partial charge in [0.2, 0.25) is 0 Å². The van der Waals surface area contributed by atoms with Crippen LogP contribution in [0, 0.1) is 0 Å². The Hall–Kier alpha value is -10.0. The van der Waals surface area contributed by atoms with Crippen molar-refractivity contribution in [3.05, 3.63) is 231 Å². The molecule has 0 spiro atoms. The van der Waals surface area contributed by atoms with E-state index in [1.54, 1.807) is 0 Å². The quantitative estimate of drug-likeness (QED) is 0.165. The lowest BCUT2D eigenvalue weighted by molar-refractivity contribution is 1.23. The van der Waals surface area contributed by atoms with Crippen molar-refractivity contribution < 1.29 is 0 Å². The number of fused-ring (bicyclic) bond motifs is 9. The molecule has 2 aliphatic rings. The van der Waals surface area contributed by atoms with Gasteiger partial charge in [0.15, 0.2) is 5.82 Å². The van der Waals surface area contributed by atoms with Crippen LogP contribution in [0.4, 0.5) is 0 Å².